The lowest BCUT2D eigenvalue weighted by Crippen LogP contribution is -2.37. The highest BCUT2D eigenvalue weighted by atomic mass is 127. The Labute approximate surface area is 196 Å². The topological polar surface area (TPSA) is 56.7 Å². The maximum atomic E-state index is 12.4. The number of hydrogen-bond acceptors (Lipinski definition) is 2. The molecular formula is C22H30ClIN4O. The average Bonchev–Trinajstić information content (AvgIpc) is 2.73. The van der Waals surface area contributed by atoms with E-state index in [1.54, 1.807) is 7.05 Å². The Morgan fingerprint density at radius 1 is 0.966 bits per heavy atom. The molecule has 2 aromatic carbocycles. The number of nitrogens with one attached hydrogen (secondary N) is 2. The number of hydrogen-bond donors (Lipinski definition) is 2. The summed E-state index contributed by atoms with van der Waals surface area (Å²) in [5, 5.41) is 7.35. The third kappa shape index (κ3) is 8.22. The number of amides is 1. The summed E-state index contributed by atoms with van der Waals surface area (Å²) in [6.07, 6.45) is 0.889. The van der Waals surface area contributed by atoms with Gasteiger partial charge in [-0.05, 0) is 55.7 Å². The second-order valence-corrected chi connectivity index (χ2v) is 6.84. The number of rotatable bonds is 8. The minimum Gasteiger partial charge on any atom is -0.356 e. The largest absolute Gasteiger partial charge is 0.356 e. The molecule has 0 aliphatic rings. The van der Waals surface area contributed by atoms with E-state index in [9.17, 15) is 4.79 Å². The summed E-state index contributed by atoms with van der Waals surface area (Å²) in [6.45, 7) is 6.84. The quantitative estimate of drug-likeness (QED) is 0.304. The summed E-state index contributed by atoms with van der Waals surface area (Å²) in [6, 6.07) is 15.6. The van der Waals surface area contributed by atoms with Crippen molar-refractivity contribution in [3.63, 3.8) is 0 Å². The molecule has 0 saturated carbocycles. The van der Waals surface area contributed by atoms with E-state index in [1.165, 1.54) is 5.56 Å². The summed E-state index contributed by atoms with van der Waals surface area (Å²) in [5.41, 5.74) is 3.04. The molecule has 158 valence electrons. The number of carbonyl (C=O) groups excluding carboxylic acids is 1. The van der Waals surface area contributed by atoms with Crippen LogP contribution in [-0.4, -0.2) is 43.4 Å². The minimum atomic E-state index is 0. The van der Waals surface area contributed by atoms with Crippen molar-refractivity contribution in [3.8, 4) is 0 Å². The molecule has 0 radical (unpaired) electrons. The Morgan fingerprint density at radius 2 is 1.55 bits per heavy atom. The SMILES string of the molecule is CCN(CC)C(=O)c1ccc(CNC(=NC)NCCc2ccc(Cl)cc2)cc1.I. The molecule has 0 aliphatic heterocycles. The Balaban J connectivity index is 0.00000420. The van der Waals surface area contributed by atoms with Gasteiger partial charge in [0, 0.05) is 43.8 Å². The molecule has 0 atom stereocenters. The van der Waals surface area contributed by atoms with Crippen molar-refractivity contribution in [2.75, 3.05) is 26.7 Å². The third-order valence-corrected chi connectivity index (χ3v) is 4.81. The van der Waals surface area contributed by atoms with Gasteiger partial charge >= 0.3 is 0 Å². The zero-order valence-corrected chi connectivity index (χ0v) is 20.3. The van der Waals surface area contributed by atoms with Gasteiger partial charge in [-0.15, -0.1) is 24.0 Å². The molecule has 0 fully saturated rings. The number of guanidine groups is 1. The van der Waals surface area contributed by atoms with Crippen molar-refractivity contribution in [2.24, 2.45) is 4.99 Å². The zero-order chi connectivity index (χ0) is 20.4. The van der Waals surface area contributed by atoms with E-state index in [0.717, 1.165) is 48.2 Å². The Bertz CT molecular complexity index is 774. The molecule has 29 heavy (non-hydrogen) atoms. The molecule has 0 unspecified atom stereocenters. The first kappa shape index (κ1) is 25.2. The monoisotopic (exact) mass is 528 g/mol. The van der Waals surface area contributed by atoms with Gasteiger partial charge in [-0.3, -0.25) is 9.79 Å². The maximum Gasteiger partial charge on any atom is 0.253 e. The van der Waals surface area contributed by atoms with Crippen molar-refractivity contribution in [3.05, 3.63) is 70.2 Å². The van der Waals surface area contributed by atoms with Gasteiger partial charge in [0.05, 0.1) is 0 Å². The van der Waals surface area contributed by atoms with E-state index < -0.39 is 0 Å². The number of carbonyl (C=O) groups is 1. The molecule has 7 heteroatoms. The fourth-order valence-corrected chi connectivity index (χ4v) is 2.97. The van der Waals surface area contributed by atoms with Crippen LogP contribution in [0.4, 0.5) is 0 Å². The van der Waals surface area contributed by atoms with E-state index in [1.807, 2.05) is 67.3 Å². The highest BCUT2D eigenvalue weighted by molar-refractivity contribution is 14.0. The summed E-state index contributed by atoms with van der Waals surface area (Å²) < 4.78 is 0. The van der Waals surface area contributed by atoms with Crippen LogP contribution >= 0.6 is 35.6 Å². The van der Waals surface area contributed by atoms with Crippen molar-refractivity contribution >= 4 is 47.4 Å². The lowest BCUT2D eigenvalue weighted by Gasteiger charge is -2.18. The van der Waals surface area contributed by atoms with Crippen LogP contribution in [0, 0.1) is 0 Å². The second-order valence-electron chi connectivity index (χ2n) is 6.40. The maximum absolute atomic E-state index is 12.4. The number of halogens is 2. The molecule has 0 saturated heterocycles. The third-order valence-electron chi connectivity index (χ3n) is 4.55. The van der Waals surface area contributed by atoms with Gasteiger partial charge < -0.3 is 15.5 Å². The molecule has 2 N–H and O–H groups in total. The molecule has 0 spiro atoms. The highest BCUT2D eigenvalue weighted by Crippen LogP contribution is 2.10. The molecule has 1 amide bonds. The van der Waals surface area contributed by atoms with Gasteiger partial charge in [0.2, 0.25) is 0 Å². The van der Waals surface area contributed by atoms with Crippen molar-refractivity contribution in [1.82, 2.24) is 15.5 Å². The van der Waals surface area contributed by atoms with Crippen LogP contribution in [0.2, 0.25) is 5.02 Å². The van der Waals surface area contributed by atoms with Crippen LogP contribution in [0.3, 0.4) is 0 Å². The number of nitrogens with zero attached hydrogens (tertiary/aromatic N) is 2. The van der Waals surface area contributed by atoms with E-state index in [-0.39, 0.29) is 29.9 Å². The fourth-order valence-electron chi connectivity index (χ4n) is 2.84. The van der Waals surface area contributed by atoms with Gasteiger partial charge in [-0.1, -0.05) is 35.9 Å². The minimum absolute atomic E-state index is 0. The fraction of sp³-hybridized carbons (Fsp3) is 0.364. The summed E-state index contributed by atoms with van der Waals surface area (Å²) >= 11 is 5.91. The smallest absolute Gasteiger partial charge is 0.253 e. The molecular weight excluding hydrogens is 499 g/mol. The Morgan fingerprint density at radius 3 is 2.10 bits per heavy atom. The normalized spacial score (nSPS) is 10.8. The van der Waals surface area contributed by atoms with Gasteiger partial charge in [-0.2, -0.15) is 0 Å². The Hall–Kier alpha value is -1.80. The molecule has 0 heterocycles. The van der Waals surface area contributed by atoms with Crippen LogP contribution in [0.5, 0.6) is 0 Å². The van der Waals surface area contributed by atoms with E-state index in [4.69, 9.17) is 11.6 Å². The van der Waals surface area contributed by atoms with Crippen molar-refractivity contribution in [1.29, 1.82) is 0 Å². The van der Waals surface area contributed by atoms with Gasteiger partial charge in [0.1, 0.15) is 0 Å². The van der Waals surface area contributed by atoms with Gasteiger partial charge in [0.25, 0.3) is 5.91 Å². The standard InChI is InChI=1S/C22H29ClN4O.HI/c1-4-27(5-2)21(28)19-10-6-18(7-11-19)16-26-22(24-3)25-15-14-17-8-12-20(23)13-9-17;/h6-13H,4-5,14-16H2,1-3H3,(H2,24,25,26);1H. The highest BCUT2D eigenvalue weighted by Gasteiger charge is 2.11. The summed E-state index contributed by atoms with van der Waals surface area (Å²) in [5.74, 6) is 0.821. The Kier molecular flexibility index (Phi) is 11.7. The molecule has 2 rings (SSSR count). The van der Waals surface area contributed by atoms with Crippen LogP contribution in [0.1, 0.15) is 35.3 Å². The van der Waals surface area contributed by atoms with Crippen molar-refractivity contribution < 1.29 is 4.79 Å². The van der Waals surface area contributed by atoms with Gasteiger partial charge in [0.15, 0.2) is 5.96 Å². The van der Waals surface area contributed by atoms with E-state index in [0.29, 0.717) is 6.54 Å². The van der Waals surface area contributed by atoms with Crippen LogP contribution in [-0.2, 0) is 13.0 Å². The number of benzene rings is 2. The van der Waals surface area contributed by atoms with E-state index >= 15 is 0 Å². The van der Waals surface area contributed by atoms with E-state index in [2.05, 4.69) is 15.6 Å². The molecule has 0 aromatic heterocycles. The predicted molar refractivity (Wildman–Crippen MR) is 132 cm³/mol. The molecule has 5 nitrogen and oxygen atoms in total. The van der Waals surface area contributed by atoms with Crippen LogP contribution in [0.15, 0.2) is 53.5 Å². The summed E-state index contributed by atoms with van der Waals surface area (Å²) in [4.78, 5) is 18.4. The average molecular weight is 529 g/mol. The summed E-state index contributed by atoms with van der Waals surface area (Å²) in [7, 11) is 1.75. The molecule has 2 aromatic rings. The first-order valence-electron chi connectivity index (χ1n) is 9.64. The van der Waals surface area contributed by atoms with Gasteiger partial charge in [-0.25, -0.2) is 0 Å². The zero-order valence-electron chi connectivity index (χ0n) is 17.2. The lowest BCUT2D eigenvalue weighted by atomic mass is 10.1. The lowest BCUT2D eigenvalue weighted by molar-refractivity contribution is 0.0773. The first-order valence-corrected chi connectivity index (χ1v) is 10.0. The first-order chi connectivity index (χ1) is 13.6. The predicted octanol–water partition coefficient (Wildman–Crippen LogP) is 4.35. The molecule has 0 bridgehead atoms. The number of aliphatic imine (C=N–C) groups is 1. The van der Waals surface area contributed by atoms with Crippen LogP contribution < -0.4 is 10.6 Å². The van der Waals surface area contributed by atoms with Crippen molar-refractivity contribution in [2.45, 2.75) is 26.8 Å². The molecule has 0 aliphatic carbocycles. The van der Waals surface area contributed by atoms with Crippen LogP contribution in [0.25, 0.3) is 0 Å². The second kappa shape index (κ2) is 13.4.